The van der Waals surface area contributed by atoms with Gasteiger partial charge in [0.2, 0.25) is 5.91 Å². The van der Waals surface area contributed by atoms with Crippen molar-refractivity contribution in [1.29, 1.82) is 0 Å². The first-order valence-corrected chi connectivity index (χ1v) is 9.75. The molecule has 26 heavy (non-hydrogen) atoms. The number of nitrogens with zero attached hydrogens (tertiary/aromatic N) is 3. The highest BCUT2D eigenvalue weighted by Gasteiger charge is 2.22. The summed E-state index contributed by atoms with van der Waals surface area (Å²) >= 11 is 13.3. The summed E-state index contributed by atoms with van der Waals surface area (Å²) in [6, 6.07) is 5.17. The first-order chi connectivity index (χ1) is 12.4. The number of anilines is 1. The van der Waals surface area contributed by atoms with Gasteiger partial charge in [-0.1, -0.05) is 29.3 Å². The molecule has 0 spiro atoms. The van der Waals surface area contributed by atoms with Crippen LogP contribution in [0.15, 0.2) is 23.6 Å². The molecule has 0 aliphatic carbocycles. The maximum Gasteiger partial charge on any atom is 0.323 e. The van der Waals surface area contributed by atoms with Crippen LogP contribution in [-0.4, -0.2) is 42.0 Å². The van der Waals surface area contributed by atoms with Gasteiger partial charge in [0.25, 0.3) is 0 Å². The second-order valence-corrected chi connectivity index (χ2v) is 7.68. The molecule has 1 aliphatic rings. The summed E-state index contributed by atoms with van der Waals surface area (Å²) in [6.45, 7) is 1.76. The van der Waals surface area contributed by atoms with E-state index in [0.29, 0.717) is 40.5 Å². The Morgan fingerprint density at radius 2 is 2.19 bits per heavy atom. The predicted octanol–water partition coefficient (Wildman–Crippen LogP) is 3.57. The zero-order chi connectivity index (χ0) is 18.7. The van der Waals surface area contributed by atoms with Crippen molar-refractivity contribution in [2.24, 2.45) is 0 Å². The van der Waals surface area contributed by atoms with Crippen molar-refractivity contribution in [2.45, 2.75) is 19.4 Å². The number of hydrogen-bond acceptors (Lipinski definition) is 4. The zero-order valence-corrected chi connectivity index (χ0v) is 16.5. The number of aromatic nitrogens is 1. The molecule has 9 heteroatoms. The molecule has 3 amide bonds. The van der Waals surface area contributed by atoms with Gasteiger partial charge in [-0.05, 0) is 24.1 Å². The molecule has 1 fully saturated rings. The lowest BCUT2D eigenvalue weighted by Crippen LogP contribution is -2.46. The summed E-state index contributed by atoms with van der Waals surface area (Å²) in [5.74, 6) is -0.0592. The predicted molar refractivity (Wildman–Crippen MR) is 104 cm³/mol. The lowest BCUT2D eigenvalue weighted by Gasteiger charge is -2.24. The second kappa shape index (κ2) is 8.24. The van der Waals surface area contributed by atoms with E-state index in [1.165, 1.54) is 11.3 Å². The maximum atomic E-state index is 12.5. The number of thiazole rings is 1. The van der Waals surface area contributed by atoms with Gasteiger partial charge in [-0.15, -0.1) is 11.3 Å². The summed E-state index contributed by atoms with van der Waals surface area (Å²) in [5, 5.41) is 6.19. The van der Waals surface area contributed by atoms with Crippen LogP contribution >= 0.6 is 34.5 Å². The number of carbonyl (C=O) groups is 2. The van der Waals surface area contributed by atoms with Crippen molar-refractivity contribution < 1.29 is 9.59 Å². The van der Waals surface area contributed by atoms with Crippen LogP contribution in [0.2, 0.25) is 10.0 Å². The summed E-state index contributed by atoms with van der Waals surface area (Å²) in [7, 11) is 1.73. The van der Waals surface area contributed by atoms with E-state index in [4.69, 9.17) is 23.2 Å². The molecule has 0 radical (unpaired) electrons. The van der Waals surface area contributed by atoms with Crippen molar-refractivity contribution in [1.82, 2.24) is 15.2 Å². The van der Waals surface area contributed by atoms with Crippen LogP contribution in [0.1, 0.15) is 17.7 Å². The Morgan fingerprint density at radius 3 is 2.92 bits per heavy atom. The van der Waals surface area contributed by atoms with Crippen LogP contribution in [-0.2, 0) is 17.8 Å². The third kappa shape index (κ3) is 4.47. The Kier molecular flexibility index (Phi) is 6.01. The largest absolute Gasteiger partial charge is 0.341 e. The van der Waals surface area contributed by atoms with Crippen molar-refractivity contribution in [3.63, 3.8) is 0 Å². The van der Waals surface area contributed by atoms with Crippen LogP contribution < -0.4 is 10.2 Å². The number of nitrogens with one attached hydrogen (secondary N) is 1. The molecule has 0 unspecified atom stereocenters. The number of urea groups is 1. The minimum Gasteiger partial charge on any atom is -0.341 e. The van der Waals surface area contributed by atoms with Gasteiger partial charge in [0.15, 0.2) is 5.13 Å². The quantitative estimate of drug-likeness (QED) is 0.815. The van der Waals surface area contributed by atoms with Crippen molar-refractivity contribution in [3.8, 4) is 0 Å². The second-order valence-electron chi connectivity index (χ2n) is 6.03. The van der Waals surface area contributed by atoms with Crippen LogP contribution in [0, 0.1) is 0 Å². The van der Waals surface area contributed by atoms with E-state index in [1.54, 1.807) is 29.0 Å². The fourth-order valence-corrected chi connectivity index (χ4v) is 3.77. The first-order valence-electron chi connectivity index (χ1n) is 8.11. The van der Waals surface area contributed by atoms with Crippen LogP contribution in [0.25, 0.3) is 0 Å². The maximum absolute atomic E-state index is 12.5. The van der Waals surface area contributed by atoms with Gasteiger partial charge in [-0.2, -0.15) is 0 Å². The SMILES string of the molecule is CN(Cc1ccc(Cl)c(Cl)c1)C(=O)Cc1csc(N2CCCNC2=O)n1. The number of hydrogen-bond donors (Lipinski definition) is 1. The number of benzene rings is 1. The molecule has 0 bridgehead atoms. The van der Waals surface area contributed by atoms with Gasteiger partial charge < -0.3 is 10.2 Å². The van der Waals surface area contributed by atoms with Crippen LogP contribution in [0.3, 0.4) is 0 Å². The molecule has 2 heterocycles. The number of likely N-dealkylation sites (N-methyl/N-ethyl adjacent to an activating group) is 1. The average Bonchev–Trinajstić information content (AvgIpc) is 3.06. The highest BCUT2D eigenvalue weighted by molar-refractivity contribution is 7.14. The van der Waals surface area contributed by atoms with Crippen molar-refractivity contribution in [2.75, 3.05) is 25.0 Å². The standard InChI is InChI=1S/C17H18Cl2N4O2S/c1-22(9-11-3-4-13(18)14(19)7-11)15(24)8-12-10-26-17(21-12)23-6-2-5-20-16(23)25/h3-4,7,10H,2,5-6,8-9H2,1H3,(H,20,25). The highest BCUT2D eigenvalue weighted by atomic mass is 35.5. The van der Waals surface area contributed by atoms with E-state index in [9.17, 15) is 9.59 Å². The molecule has 0 saturated carbocycles. The third-order valence-corrected chi connectivity index (χ3v) is 5.66. The number of amides is 3. The van der Waals surface area contributed by atoms with E-state index in [2.05, 4.69) is 10.3 Å². The summed E-state index contributed by atoms with van der Waals surface area (Å²) in [5.41, 5.74) is 1.56. The zero-order valence-electron chi connectivity index (χ0n) is 14.2. The number of carbonyl (C=O) groups excluding carboxylic acids is 2. The molecular formula is C17H18Cl2N4O2S. The highest BCUT2D eigenvalue weighted by Crippen LogP contribution is 2.24. The minimum atomic E-state index is -0.139. The van der Waals surface area contributed by atoms with E-state index < -0.39 is 0 Å². The molecule has 6 nitrogen and oxygen atoms in total. The Balaban J connectivity index is 1.60. The van der Waals surface area contributed by atoms with E-state index in [-0.39, 0.29) is 18.4 Å². The van der Waals surface area contributed by atoms with Crippen LogP contribution in [0.5, 0.6) is 0 Å². The number of halogens is 2. The summed E-state index contributed by atoms with van der Waals surface area (Å²) in [4.78, 5) is 32.0. The summed E-state index contributed by atoms with van der Waals surface area (Å²) < 4.78 is 0. The van der Waals surface area contributed by atoms with Gasteiger partial charge in [-0.3, -0.25) is 9.69 Å². The lowest BCUT2D eigenvalue weighted by atomic mass is 10.2. The van der Waals surface area contributed by atoms with Crippen molar-refractivity contribution >= 4 is 51.6 Å². The Hall–Kier alpha value is -1.83. The molecule has 1 aromatic carbocycles. The monoisotopic (exact) mass is 412 g/mol. The molecule has 1 aromatic heterocycles. The van der Waals surface area contributed by atoms with Gasteiger partial charge >= 0.3 is 6.03 Å². The Bertz CT molecular complexity index is 827. The van der Waals surface area contributed by atoms with E-state index in [0.717, 1.165) is 12.0 Å². The molecule has 0 atom stereocenters. The summed E-state index contributed by atoms with van der Waals surface area (Å²) in [6.07, 6.45) is 1.07. The fourth-order valence-electron chi connectivity index (χ4n) is 2.60. The molecule has 1 saturated heterocycles. The lowest BCUT2D eigenvalue weighted by molar-refractivity contribution is -0.129. The van der Waals surface area contributed by atoms with Gasteiger partial charge in [0.05, 0.1) is 22.2 Å². The molecular weight excluding hydrogens is 395 g/mol. The average molecular weight is 413 g/mol. The Labute approximate surface area is 165 Å². The topological polar surface area (TPSA) is 65.5 Å². The molecule has 1 N–H and O–H groups in total. The van der Waals surface area contributed by atoms with E-state index in [1.807, 2.05) is 11.4 Å². The van der Waals surface area contributed by atoms with E-state index >= 15 is 0 Å². The molecule has 1 aliphatic heterocycles. The normalized spacial score (nSPS) is 14.3. The van der Waals surface area contributed by atoms with Gasteiger partial charge in [0.1, 0.15) is 0 Å². The van der Waals surface area contributed by atoms with Crippen molar-refractivity contribution in [3.05, 3.63) is 44.9 Å². The van der Waals surface area contributed by atoms with Gasteiger partial charge in [0, 0.05) is 32.1 Å². The smallest absolute Gasteiger partial charge is 0.323 e. The third-order valence-electron chi connectivity index (χ3n) is 4.01. The first kappa shape index (κ1) is 18.9. The van der Waals surface area contributed by atoms with Crippen LogP contribution in [0.4, 0.5) is 9.93 Å². The molecule has 3 rings (SSSR count). The fraction of sp³-hybridized carbons (Fsp3) is 0.353. The molecule has 2 aromatic rings. The molecule has 138 valence electrons. The van der Waals surface area contributed by atoms with Gasteiger partial charge in [-0.25, -0.2) is 9.78 Å². The Morgan fingerprint density at radius 1 is 1.38 bits per heavy atom. The number of rotatable bonds is 5. The minimum absolute atomic E-state index is 0.0592.